The number of halogens is 1. The third-order valence-electron chi connectivity index (χ3n) is 4.98. The van der Waals surface area contributed by atoms with Crippen LogP contribution in [0.4, 0.5) is 0 Å². The number of carbonyl (C=O) groups is 1. The lowest BCUT2D eigenvalue weighted by Gasteiger charge is -2.20. The van der Waals surface area contributed by atoms with E-state index in [1.165, 1.54) is 16.8 Å². The zero-order valence-corrected chi connectivity index (χ0v) is 18.6. The Labute approximate surface area is 193 Å². The number of hydrogen-bond donors (Lipinski definition) is 1. The maximum atomic E-state index is 12.8. The molecule has 0 bridgehead atoms. The van der Waals surface area contributed by atoms with Crippen LogP contribution >= 0.6 is 23.4 Å². The lowest BCUT2D eigenvalue weighted by atomic mass is 10.0. The van der Waals surface area contributed by atoms with Crippen molar-refractivity contribution in [1.29, 1.82) is 5.41 Å². The number of fused-ring (bicyclic) bond motifs is 1. The molecule has 2 aliphatic heterocycles. The Kier molecular flexibility index (Phi) is 5.24. The molecule has 0 saturated heterocycles. The van der Waals surface area contributed by atoms with Gasteiger partial charge < -0.3 is 0 Å². The second-order valence-electron chi connectivity index (χ2n) is 7.09. The Balaban J connectivity index is 1.62. The monoisotopic (exact) mass is 460 g/mol. The zero-order chi connectivity index (χ0) is 22.2. The van der Waals surface area contributed by atoms with E-state index in [1.807, 2.05) is 55.6 Å². The second kappa shape index (κ2) is 8.22. The van der Waals surface area contributed by atoms with E-state index in [4.69, 9.17) is 22.1 Å². The summed E-state index contributed by atoms with van der Waals surface area (Å²) in [5.41, 5.74) is 3.25. The molecule has 0 fully saturated rings. The number of amides is 1. The van der Waals surface area contributed by atoms with Crippen LogP contribution in [0.5, 0.6) is 0 Å². The van der Waals surface area contributed by atoms with Crippen molar-refractivity contribution in [2.75, 3.05) is 0 Å². The molecular weight excluding hydrogens is 444 g/mol. The van der Waals surface area contributed by atoms with Gasteiger partial charge in [0.2, 0.25) is 5.17 Å². The van der Waals surface area contributed by atoms with Crippen LogP contribution in [0.25, 0.3) is 23.0 Å². The summed E-state index contributed by atoms with van der Waals surface area (Å²) >= 11 is 7.39. The Morgan fingerprint density at radius 3 is 2.59 bits per heavy atom. The molecule has 2 aromatic carbocycles. The van der Waals surface area contributed by atoms with Gasteiger partial charge >= 0.3 is 0 Å². The maximum absolute atomic E-state index is 12.8. The molecule has 2 aliphatic rings. The summed E-state index contributed by atoms with van der Waals surface area (Å²) in [6.45, 7) is 1.98. The predicted molar refractivity (Wildman–Crippen MR) is 129 cm³/mol. The van der Waals surface area contributed by atoms with Gasteiger partial charge in [0.15, 0.2) is 5.84 Å². The van der Waals surface area contributed by atoms with Gasteiger partial charge in [-0.3, -0.25) is 10.2 Å². The van der Waals surface area contributed by atoms with Gasteiger partial charge in [-0.2, -0.15) is 20.2 Å². The number of para-hydroxylation sites is 1. The number of rotatable bonds is 4. The largest absolute Gasteiger partial charge is 0.283 e. The summed E-state index contributed by atoms with van der Waals surface area (Å²) < 4.78 is 1.75. The summed E-state index contributed by atoms with van der Waals surface area (Å²) in [6.07, 6.45) is 4.21. The summed E-state index contributed by atoms with van der Waals surface area (Å²) in [6, 6.07) is 17.0. The van der Waals surface area contributed by atoms with Crippen LogP contribution in [0.15, 0.2) is 76.5 Å². The van der Waals surface area contributed by atoms with Gasteiger partial charge in [-0.05, 0) is 48.5 Å². The topological polar surface area (TPSA) is 86.7 Å². The molecule has 0 unspecified atom stereocenters. The van der Waals surface area contributed by atoms with E-state index in [1.54, 1.807) is 22.9 Å². The Bertz CT molecular complexity index is 1320. The van der Waals surface area contributed by atoms with Crippen molar-refractivity contribution in [2.24, 2.45) is 10.1 Å². The molecule has 0 aliphatic carbocycles. The minimum absolute atomic E-state index is 0.00506. The molecule has 158 valence electrons. The smallest absolute Gasteiger partial charge is 0.282 e. The first-order valence-corrected chi connectivity index (χ1v) is 11.1. The summed E-state index contributed by atoms with van der Waals surface area (Å²) in [7, 11) is 0. The predicted octanol–water partition coefficient (Wildman–Crippen LogP) is 5.22. The fourth-order valence-corrected chi connectivity index (χ4v) is 4.32. The van der Waals surface area contributed by atoms with Crippen LogP contribution in [0, 0.1) is 5.41 Å². The highest BCUT2D eigenvalue weighted by Gasteiger charge is 2.35. The molecule has 9 heteroatoms. The van der Waals surface area contributed by atoms with E-state index < -0.39 is 5.91 Å². The molecule has 0 atom stereocenters. The quantitative estimate of drug-likeness (QED) is 0.540. The molecule has 1 amide bonds. The molecule has 0 radical (unpaired) electrons. The molecule has 1 N–H and O–H groups in total. The number of nitrogens with one attached hydrogen (secondary N) is 1. The highest BCUT2D eigenvalue weighted by Crippen LogP contribution is 2.31. The van der Waals surface area contributed by atoms with Crippen LogP contribution in [0.2, 0.25) is 5.02 Å². The highest BCUT2D eigenvalue weighted by molar-refractivity contribution is 8.26. The van der Waals surface area contributed by atoms with Crippen LogP contribution in [-0.4, -0.2) is 36.7 Å². The van der Waals surface area contributed by atoms with Gasteiger partial charge in [0.25, 0.3) is 5.91 Å². The van der Waals surface area contributed by atoms with Crippen LogP contribution in [0.3, 0.4) is 0 Å². The molecule has 0 spiro atoms. The number of carbonyl (C=O) groups excluding carboxylic acids is 1. The van der Waals surface area contributed by atoms with Crippen molar-refractivity contribution < 1.29 is 4.79 Å². The number of thioether (sulfide) groups is 1. The van der Waals surface area contributed by atoms with Crippen LogP contribution in [0.1, 0.15) is 18.9 Å². The maximum Gasteiger partial charge on any atom is 0.283 e. The van der Waals surface area contributed by atoms with Crippen molar-refractivity contribution in [3.63, 3.8) is 0 Å². The Hall–Kier alpha value is -3.49. The van der Waals surface area contributed by atoms with E-state index in [2.05, 4.69) is 10.1 Å². The fourth-order valence-electron chi connectivity index (χ4n) is 3.37. The first kappa shape index (κ1) is 20.4. The van der Waals surface area contributed by atoms with Crippen molar-refractivity contribution >= 4 is 51.4 Å². The average molecular weight is 461 g/mol. The van der Waals surface area contributed by atoms with Crippen molar-refractivity contribution in [1.82, 2.24) is 14.8 Å². The van der Waals surface area contributed by atoms with E-state index in [0.29, 0.717) is 27.9 Å². The fraction of sp³-hybridized carbons (Fsp3) is 0.0870. The van der Waals surface area contributed by atoms with Crippen LogP contribution in [-0.2, 0) is 4.79 Å². The van der Waals surface area contributed by atoms with E-state index >= 15 is 0 Å². The van der Waals surface area contributed by atoms with Gasteiger partial charge in [0, 0.05) is 22.3 Å². The van der Waals surface area contributed by atoms with E-state index in [-0.39, 0.29) is 11.4 Å². The van der Waals surface area contributed by atoms with Gasteiger partial charge in [-0.15, -0.1) is 0 Å². The standard InChI is InChI=1S/C23H17ClN6OS/c1-2-19-27-30-21(25)18(22(31)26-23(30)32-19)12-15-13-29(17-6-4-3-5-7-17)28-20(15)14-8-10-16(24)11-9-14/h3-13,25H,2H2,1H3/b18-12-,25-21?. The van der Waals surface area contributed by atoms with Crippen molar-refractivity contribution in [2.45, 2.75) is 13.3 Å². The molecule has 3 heterocycles. The normalized spacial score (nSPS) is 16.9. The van der Waals surface area contributed by atoms with Crippen molar-refractivity contribution in [3.8, 4) is 16.9 Å². The third-order valence-corrected chi connectivity index (χ3v) is 6.28. The molecule has 32 heavy (non-hydrogen) atoms. The number of benzene rings is 2. The number of amidine groups is 2. The average Bonchev–Trinajstić information content (AvgIpc) is 3.42. The van der Waals surface area contributed by atoms with E-state index in [0.717, 1.165) is 16.3 Å². The molecular formula is C23H17ClN6OS. The summed E-state index contributed by atoms with van der Waals surface area (Å²) in [5, 5.41) is 21.0. The SMILES string of the molecule is CCC1=NN2C(=N)/C(=C/c3cn(-c4ccccc4)nc3-c3ccc(Cl)cc3)C(=O)N=C2S1. The first-order valence-electron chi connectivity index (χ1n) is 9.93. The number of hydrazone groups is 1. The number of hydrogen-bond acceptors (Lipinski definition) is 5. The Morgan fingerprint density at radius 1 is 1.12 bits per heavy atom. The lowest BCUT2D eigenvalue weighted by Crippen LogP contribution is -2.35. The molecule has 1 aromatic heterocycles. The summed E-state index contributed by atoms with van der Waals surface area (Å²) in [4.78, 5) is 16.9. The Morgan fingerprint density at radius 2 is 1.88 bits per heavy atom. The van der Waals surface area contributed by atoms with E-state index in [9.17, 15) is 4.79 Å². The minimum Gasteiger partial charge on any atom is -0.282 e. The van der Waals surface area contributed by atoms with Crippen molar-refractivity contribution in [3.05, 3.63) is 77.0 Å². The lowest BCUT2D eigenvalue weighted by molar-refractivity contribution is -0.114. The van der Waals surface area contributed by atoms with Gasteiger partial charge in [0.1, 0.15) is 5.04 Å². The first-order chi connectivity index (χ1) is 15.5. The molecule has 7 nitrogen and oxygen atoms in total. The zero-order valence-electron chi connectivity index (χ0n) is 17.0. The molecule has 5 rings (SSSR count). The van der Waals surface area contributed by atoms with Gasteiger partial charge in [-0.1, -0.05) is 48.9 Å². The number of aromatic nitrogens is 2. The van der Waals surface area contributed by atoms with Gasteiger partial charge in [-0.25, -0.2) is 4.68 Å². The highest BCUT2D eigenvalue weighted by atomic mass is 35.5. The summed E-state index contributed by atoms with van der Waals surface area (Å²) in [5.74, 6) is -0.457. The number of nitrogens with zero attached hydrogens (tertiary/aromatic N) is 5. The third kappa shape index (κ3) is 3.68. The molecule has 0 saturated carbocycles. The minimum atomic E-state index is -0.462. The number of aliphatic imine (C=N–C) groups is 1. The van der Waals surface area contributed by atoms with Gasteiger partial charge in [0.05, 0.1) is 17.0 Å². The molecule has 3 aromatic rings. The second-order valence-corrected chi connectivity index (χ2v) is 8.56. The van der Waals surface area contributed by atoms with Crippen LogP contribution < -0.4 is 0 Å².